The van der Waals surface area contributed by atoms with Crippen molar-refractivity contribution in [3.05, 3.63) is 131 Å². The van der Waals surface area contributed by atoms with Crippen molar-refractivity contribution >= 4 is 92.6 Å². The molecule has 6 N–H and O–H groups in total. The first-order valence-electron chi connectivity index (χ1n) is 44.4. The van der Waals surface area contributed by atoms with Crippen LogP contribution < -0.4 is 25.4 Å². The Morgan fingerprint density at radius 2 is 0.850 bits per heavy atom. The van der Waals surface area contributed by atoms with Crippen LogP contribution in [0.1, 0.15) is 163 Å². The van der Waals surface area contributed by atoms with Crippen molar-refractivity contribution in [3.63, 3.8) is 0 Å². The van der Waals surface area contributed by atoms with E-state index in [9.17, 15) is 38.4 Å². The first-order chi connectivity index (χ1) is 62.5. The van der Waals surface area contributed by atoms with E-state index < -0.39 is 71.9 Å². The molecule has 4 fully saturated rings. The molecular weight excluding hydrogens is 1710 g/mol. The lowest BCUT2D eigenvalue weighted by atomic mass is 9.90. The number of ether oxygens (including phenoxy) is 12. The van der Waals surface area contributed by atoms with Gasteiger partial charge in [-0.3, -0.25) is 29.4 Å². The Hall–Kier alpha value is -12.2. The molecule has 0 saturated carbocycles. The minimum atomic E-state index is -1.17. The maximum Gasteiger partial charge on any atom is 0.410 e. The molecule has 0 spiro atoms. The minimum Gasteiger partial charge on any atom is -0.488 e. The van der Waals surface area contributed by atoms with Crippen LogP contribution in [0.3, 0.4) is 0 Å². The van der Waals surface area contributed by atoms with E-state index in [4.69, 9.17) is 77.2 Å². The van der Waals surface area contributed by atoms with Crippen LogP contribution in [0.5, 0.6) is 11.5 Å². The monoisotopic (exact) mass is 1840 g/mol. The third-order valence-electron chi connectivity index (χ3n) is 25.5. The number of hydrogen-bond donors (Lipinski definition) is 6. The predicted molar refractivity (Wildman–Crippen MR) is 503 cm³/mol. The van der Waals surface area contributed by atoms with Crippen molar-refractivity contribution in [2.75, 3.05) is 96.3 Å². The lowest BCUT2D eigenvalue weighted by Gasteiger charge is -2.31. The third-order valence-corrected chi connectivity index (χ3v) is 25.5. The molecule has 0 aliphatic carbocycles. The molecule has 133 heavy (non-hydrogen) atoms. The molecule has 10 heterocycles. The van der Waals surface area contributed by atoms with Gasteiger partial charge in [-0.1, -0.05) is 65.1 Å². The number of aromatic nitrogens is 4. The topological polar surface area (TPSA) is 399 Å². The molecule has 34 heteroatoms. The average molecular weight is 1840 g/mol. The fourth-order valence-electron chi connectivity index (χ4n) is 18.9. The summed E-state index contributed by atoms with van der Waals surface area (Å²) in [5.41, 5.74) is 14.8. The molecular formula is C99H129N13O21. The summed E-state index contributed by atoms with van der Waals surface area (Å²) in [5, 5.41) is 20.5. The van der Waals surface area contributed by atoms with Crippen LogP contribution in [0.15, 0.2) is 107 Å². The molecule has 8 aliphatic heterocycles. The number of methoxy groups -OCH3 is 8. The Morgan fingerprint density at radius 3 is 1.25 bits per heavy atom. The number of fused-ring (bicyclic) bond motifs is 12. The second kappa shape index (κ2) is 41.9. The maximum absolute atomic E-state index is 14.2. The number of carbonyl (C=O) groups is 8. The van der Waals surface area contributed by atoms with Crippen LogP contribution in [0.4, 0.5) is 35.3 Å². The number of rotatable bonds is 22. The molecule has 16 rings (SSSR count). The van der Waals surface area contributed by atoms with E-state index in [1.54, 1.807) is 44.1 Å². The molecule has 0 radical (unpaired) electrons. The average Bonchev–Trinajstić information content (AvgIpc) is 1.69. The number of nitrogens with zero attached hydrogens (tertiary/aromatic N) is 8. The van der Waals surface area contributed by atoms with E-state index in [1.807, 2.05) is 63.6 Å². The van der Waals surface area contributed by atoms with E-state index in [1.165, 1.54) is 42.5 Å². The summed E-state index contributed by atoms with van der Waals surface area (Å²) in [6, 6.07) is 25.9. The standard InChI is InChI=1S/C47H57N7O10.C43H51N5O6.C7H13NO5.2CH4/c1-24-13-39(53(20-24)44(55)41(25(2)60-5)51-46(57)62-7)43-48-19-37(50-43)29-9-11-31-30(15-29)23-64-40-18-32-28(16-34(31)40)10-12-35-33(32)17-36(49-35)38-14-27(22-59-4)21-54(38)45(56)42(26(3)61-6)52-47(58)63-8;1-24-13-37(47(20-24)40(49)53-42(2,3)4)39-44-19-35(46-39)27-9-11-29-28(15-27)23-52-38-18-30-26(16-32(29)38)10-12-33-31(30)17-34(45-33)36-14-25(22-51-8)21-48(36)41(50)54-43(5,6)7;1-4(12-2)5(6(9)10)8-7(11)13-3;;/h9-12,15-16,18-19,24-27,38-39,41-42H,13-14,17,20-23H2,1-8H3,(H,48,50)(H,51,57)(H,52,58);9-12,15-16,18-19,24-25,36-37H,13-14,17,20-23H2,1-8H3,(H,44,46);4-5H,1-3H3,(H,8,11)(H,9,10);2*1H4/t24-,25+,26+,27-,38-,39-,41-,42-;24-,25-,36-,37-;4-,5+;;/m001../s1. The number of aliphatic imine (C=N–C) groups is 2. The van der Waals surface area contributed by atoms with Gasteiger partial charge >= 0.3 is 36.4 Å². The van der Waals surface area contributed by atoms with Crippen LogP contribution in [0.25, 0.3) is 66.3 Å². The van der Waals surface area contributed by atoms with Crippen LogP contribution in [0, 0.1) is 23.7 Å². The van der Waals surface area contributed by atoms with Crippen LogP contribution in [-0.2, 0) is 87.8 Å². The molecule has 0 bridgehead atoms. The fraction of sp³-hybridized carbons (Fsp3) is 0.515. The quantitative estimate of drug-likeness (QED) is 0.0343. The Labute approximate surface area is 776 Å². The van der Waals surface area contributed by atoms with Gasteiger partial charge in [-0.25, -0.2) is 38.7 Å². The predicted octanol–water partition coefficient (Wildman–Crippen LogP) is 15.8. The normalized spacial score (nSPS) is 20.9. The van der Waals surface area contributed by atoms with Crippen molar-refractivity contribution < 1.29 is 100 Å². The van der Waals surface area contributed by atoms with Crippen LogP contribution in [-0.4, -0.2) is 260 Å². The van der Waals surface area contributed by atoms with Gasteiger partial charge in [0.25, 0.3) is 0 Å². The van der Waals surface area contributed by atoms with Gasteiger partial charge in [0.1, 0.15) is 59.6 Å². The zero-order valence-corrected chi connectivity index (χ0v) is 77.9. The molecule has 716 valence electrons. The summed E-state index contributed by atoms with van der Waals surface area (Å²) in [6.45, 7) is 24.7. The molecule has 14 atom stereocenters. The largest absolute Gasteiger partial charge is 0.488 e. The van der Waals surface area contributed by atoms with E-state index >= 15 is 0 Å². The third kappa shape index (κ3) is 21.8. The van der Waals surface area contributed by atoms with Gasteiger partial charge < -0.3 is 97.7 Å². The number of nitrogens with one attached hydrogen (secondary N) is 5. The molecule has 2 aromatic heterocycles. The number of likely N-dealkylation sites (tertiary alicyclic amines) is 4. The highest BCUT2D eigenvalue weighted by Gasteiger charge is 2.47. The fourth-order valence-corrected chi connectivity index (χ4v) is 18.9. The second-order valence-corrected chi connectivity index (χ2v) is 37.1. The number of amides is 7. The summed E-state index contributed by atoms with van der Waals surface area (Å²) >= 11 is 0. The zero-order valence-electron chi connectivity index (χ0n) is 77.9. The Morgan fingerprint density at radius 1 is 0.474 bits per heavy atom. The summed E-state index contributed by atoms with van der Waals surface area (Å²) in [5.74, 6) is 2.26. The van der Waals surface area contributed by atoms with Crippen molar-refractivity contribution in [2.24, 2.45) is 33.7 Å². The number of carbonyl (C=O) groups excluding carboxylic acids is 7. The Kier molecular flexibility index (Phi) is 31.4. The van der Waals surface area contributed by atoms with Crippen molar-refractivity contribution in [2.45, 2.75) is 215 Å². The summed E-state index contributed by atoms with van der Waals surface area (Å²) < 4.78 is 65.1. The summed E-state index contributed by atoms with van der Waals surface area (Å²) in [6.07, 6.45) is 3.27. The lowest BCUT2D eigenvalue weighted by molar-refractivity contribution is -0.142. The number of benzene rings is 6. The number of H-pyrrole nitrogens is 2. The number of alkyl carbamates (subject to hydrolysis) is 3. The zero-order chi connectivity index (χ0) is 93.9. The van der Waals surface area contributed by atoms with Gasteiger partial charge in [-0.15, -0.1) is 0 Å². The molecule has 4 saturated heterocycles. The van der Waals surface area contributed by atoms with E-state index in [-0.39, 0.29) is 80.8 Å². The Balaban J connectivity index is 0.000000211. The molecule has 7 amide bonds. The number of carboxylic acids is 1. The van der Waals surface area contributed by atoms with Gasteiger partial charge in [-0.05, 0) is 214 Å². The highest BCUT2D eigenvalue weighted by Crippen LogP contribution is 2.49. The van der Waals surface area contributed by atoms with Gasteiger partial charge in [0.15, 0.2) is 6.04 Å². The van der Waals surface area contributed by atoms with Gasteiger partial charge in [0.2, 0.25) is 11.8 Å². The summed E-state index contributed by atoms with van der Waals surface area (Å²) in [4.78, 5) is 134. The minimum absolute atomic E-state index is 0. The first-order valence-corrected chi connectivity index (χ1v) is 44.4. The number of imidazole rings is 2. The molecule has 8 aliphatic rings. The molecule has 34 nitrogen and oxygen atoms in total. The second-order valence-electron chi connectivity index (χ2n) is 37.1. The molecule has 8 aromatic rings. The lowest BCUT2D eigenvalue weighted by Crippen LogP contribution is -2.56. The SMILES string of the molecule is C.C.COC(=O)N[C@H](C(=O)O)[C@@H](C)OC.COC[C@H]1C[C@@H](C2=Nc3ccc4cc5c(cc4c3C2)OCc2cc(-c3cnc([C@@H]4C[C@H](C)CN4C(=O)OC(C)(C)C)[nH]3)ccc2-5)N(C(=O)OC(C)(C)C)C1.COC[C@H]1C[C@@H](C2=Nc3ccc4cc5c(cc4c3C2)OCc2cc(-c3cnc([C@@H]4C[C@H](C)CN4C(=O)[C@@H](NC(=O)OC)[C@@H](C)OC)[nH]3)ccc2-5)N(C(=O)[C@@H](NC(=O)OC)[C@@H](C)OC)C1. The van der Waals surface area contributed by atoms with Crippen molar-refractivity contribution in [3.8, 4) is 56.3 Å². The van der Waals surface area contributed by atoms with Gasteiger partial charge in [0, 0.05) is 109 Å². The van der Waals surface area contributed by atoms with E-state index in [2.05, 4.69) is 123 Å². The van der Waals surface area contributed by atoms with Crippen LogP contribution in [0.2, 0.25) is 0 Å². The molecule has 0 unspecified atom stereocenters. The van der Waals surface area contributed by atoms with Gasteiger partial charge in [-0.2, -0.15) is 0 Å². The smallest absolute Gasteiger partial charge is 0.410 e. The number of aliphatic carboxylic acids is 1. The Bertz CT molecular complexity index is 5700. The summed E-state index contributed by atoms with van der Waals surface area (Å²) in [7, 11) is 11.4. The van der Waals surface area contributed by atoms with E-state index in [0.29, 0.717) is 90.0 Å². The molecule has 6 aromatic carbocycles. The van der Waals surface area contributed by atoms with Crippen molar-refractivity contribution in [1.82, 2.24) is 55.5 Å². The first kappa shape index (κ1) is 99.8. The maximum atomic E-state index is 14.2. The van der Waals surface area contributed by atoms with Gasteiger partial charge in [0.05, 0.1) is 112 Å². The van der Waals surface area contributed by atoms with Crippen LogP contribution >= 0.6 is 0 Å². The highest BCUT2D eigenvalue weighted by molar-refractivity contribution is 6.08. The van der Waals surface area contributed by atoms with E-state index in [0.717, 1.165) is 149 Å². The number of hydrogen-bond acceptors (Lipinski definition) is 24. The number of carboxylic acid groups (broad SMARTS) is 1. The van der Waals surface area contributed by atoms with Crippen molar-refractivity contribution in [1.29, 1.82) is 0 Å². The number of aromatic amines is 2. The highest BCUT2D eigenvalue weighted by atomic mass is 16.6.